The van der Waals surface area contributed by atoms with Crippen LogP contribution in [0.4, 0.5) is 0 Å². The number of methoxy groups -OCH3 is 2. The van der Waals surface area contributed by atoms with Crippen LogP contribution in [0.5, 0.6) is 11.5 Å². The summed E-state index contributed by atoms with van der Waals surface area (Å²) in [6, 6.07) is 19.8. The molecule has 25 heavy (non-hydrogen) atoms. The second-order valence-corrected chi connectivity index (χ2v) is 5.89. The number of hydrogen-bond acceptors (Lipinski definition) is 4. The van der Waals surface area contributed by atoms with Crippen molar-refractivity contribution < 1.29 is 14.6 Å². The van der Waals surface area contributed by atoms with Gasteiger partial charge in [0.15, 0.2) is 0 Å². The molecule has 0 aliphatic heterocycles. The van der Waals surface area contributed by atoms with Crippen LogP contribution in [0.2, 0.25) is 0 Å². The first kappa shape index (κ1) is 17.3. The van der Waals surface area contributed by atoms with Crippen LogP contribution in [0.3, 0.4) is 0 Å². The number of hydrogen-bond donors (Lipinski definition) is 2. The van der Waals surface area contributed by atoms with Gasteiger partial charge in [-0.3, -0.25) is 0 Å². The Morgan fingerprint density at radius 1 is 0.960 bits per heavy atom. The summed E-state index contributed by atoms with van der Waals surface area (Å²) in [7, 11) is 3.30. The van der Waals surface area contributed by atoms with Crippen LogP contribution >= 0.6 is 0 Å². The zero-order valence-electron chi connectivity index (χ0n) is 14.5. The summed E-state index contributed by atoms with van der Waals surface area (Å²) in [6.07, 6.45) is -0.601. The van der Waals surface area contributed by atoms with Crippen LogP contribution in [0.15, 0.2) is 60.7 Å². The Hall–Kier alpha value is -2.56. The highest BCUT2D eigenvalue weighted by Crippen LogP contribution is 2.28. The largest absolute Gasteiger partial charge is 0.497 e. The zero-order chi connectivity index (χ0) is 17.6. The van der Waals surface area contributed by atoms with E-state index in [0.717, 1.165) is 28.0 Å². The molecule has 0 aliphatic carbocycles. The van der Waals surface area contributed by atoms with Gasteiger partial charge in [0.05, 0.1) is 20.3 Å². The summed E-state index contributed by atoms with van der Waals surface area (Å²) in [5.74, 6) is 1.59. The van der Waals surface area contributed by atoms with Crippen molar-refractivity contribution in [1.82, 2.24) is 5.32 Å². The van der Waals surface area contributed by atoms with Gasteiger partial charge in [0.2, 0.25) is 0 Å². The van der Waals surface area contributed by atoms with E-state index in [9.17, 15) is 5.11 Å². The van der Waals surface area contributed by atoms with E-state index in [1.165, 1.54) is 5.39 Å². The minimum absolute atomic E-state index is 0.444. The first-order valence-electron chi connectivity index (χ1n) is 8.30. The minimum atomic E-state index is -0.601. The zero-order valence-corrected chi connectivity index (χ0v) is 14.5. The highest BCUT2D eigenvalue weighted by atomic mass is 16.5. The molecule has 0 heterocycles. The van der Waals surface area contributed by atoms with Gasteiger partial charge in [0.25, 0.3) is 0 Å². The Balaban J connectivity index is 1.72. The number of benzene rings is 3. The molecule has 0 fully saturated rings. The molecule has 4 nitrogen and oxygen atoms in total. The lowest BCUT2D eigenvalue weighted by Crippen LogP contribution is -2.21. The molecule has 3 aromatic rings. The highest BCUT2D eigenvalue weighted by molar-refractivity contribution is 5.87. The van der Waals surface area contributed by atoms with Crippen molar-refractivity contribution >= 4 is 10.8 Å². The third-order valence-electron chi connectivity index (χ3n) is 4.34. The van der Waals surface area contributed by atoms with Gasteiger partial charge >= 0.3 is 0 Å². The molecule has 0 aliphatic rings. The number of fused-ring (bicyclic) bond motifs is 1. The topological polar surface area (TPSA) is 50.7 Å². The third kappa shape index (κ3) is 3.92. The van der Waals surface area contributed by atoms with Gasteiger partial charge in [-0.25, -0.2) is 0 Å². The summed E-state index contributed by atoms with van der Waals surface area (Å²) < 4.78 is 10.7. The molecule has 0 saturated heterocycles. The molecule has 3 aromatic carbocycles. The van der Waals surface area contributed by atoms with E-state index in [4.69, 9.17) is 9.47 Å². The van der Waals surface area contributed by atoms with Gasteiger partial charge in [-0.15, -0.1) is 0 Å². The van der Waals surface area contributed by atoms with Crippen LogP contribution in [-0.4, -0.2) is 25.9 Å². The van der Waals surface area contributed by atoms with E-state index in [2.05, 4.69) is 23.5 Å². The summed E-state index contributed by atoms with van der Waals surface area (Å²) in [5.41, 5.74) is 1.93. The predicted octanol–water partition coefficient (Wildman–Crippen LogP) is 3.68. The van der Waals surface area contributed by atoms with Crippen LogP contribution in [0, 0.1) is 0 Å². The Morgan fingerprint density at radius 2 is 1.80 bits per heavy atom. The normalized spacial score (nSPS) is 12.1. The highest BCUT2D eigenvalue weighted by Gasteiger charge is 2.11. The van der Waals surface area contributed by atoms with Crippen LogP contribution < -0.4 is 14.8 Å². The van der Waals surface area contributed by atoms with Gasteiger partial charge in [-0.2, -0.15) is 0 Å². The monoisotopic (exact) mass is 337 g/mol. The Morgan fingerprint density at radius 3 is 2.60 bits per heavy atom. The lowest BCUT2D eigenvalue weighted by atomic mass is 10.0. The maximum absolute atomic E-state index is 10.4. The Kier molecular flexibility index (Phi) is 5.53. The van der Waals surface area contributed by atoms with Crippen LogP contribution in [0.1, 0.15) is 17.2 Å². The molecule has 2 N–H and O–H groups in total. The molecule has 4 heteroatoms. The van der Waals surface area contributed by atoms with Gasteiger partial charge < -0.3 is 19.9 Å². The van der Waals surface area contributed by atoms with Gasteiger partial charge in [0, 0.05) is 18.7 Å². The second-order valence-electron chi connectivity index (χ2n) is 5.89. The molecular formula is C21H23NO3. The van der Waals surface area contributed by atoms with E-state index < -0.39 is 6.10 Å². The first-order chi connectivity index (χ1) is 12.2. The average Bonchev–Trinajstić information content (AvgIpc) is 2.68. The number of rotatable bonds is 7. The number of nitrogens with one attached hydrogen (secondary N) is 1. The summed E-state index contributed by atoms with van der Waals surface area (Å²) in [6.45, 7) is 1.06. The number of aliphatic hydroxyl groups excluding tert-OH is 1. The molecule has 0 spiro atoms. The van der Waals surface area contributed by atoms with Crippen molar-refractivity contribution in [2.75, 3.05) is 20.8 Å². The van der Waals surface area contributed by atoms with E-state index in [1.807, 2.05) is 42.5 Å². The van der Waals surface area contributed by atoms with Crippen molar-refractivity contribution in [3.8, 4) is 11.5 Å². The molecule has 0 radical (unpaired) electrons. The number of ether oxygens (including phenoxy) is 2. The van der Waals surface area contributed by atoms with Crippen molar-refractivity contribution in [1.29, 1.82) is 0 Å². The van der Waals surface area contributed by atoms with Crippen molar-refractivity contribution in [3.63, 3.8) is 0 Å². The number of aliphatic hydroxyl groups is 1. The van der Waals surface area contributed by atoms with Crippen molar-refractivity contribution in [2.45, 2.75) is 12.6 Å². The Labute approximate surface area is 148 Å². The minimum Gasteiger partial charge on any atom is -0.497 e. The second kappa shape index (κ2) is 8.01. The lowest BCUT2D eigenvalue weighted by Gasteiger charge is -2.16. The van der Waals surface area contributed by atoms with Gasteiger partial charge in [-0.05, 0) is 34.5 Å². The van der Waals surface area contributed by atoms with Crippen LogP contribution in [0.25, 0.3) is 10.8 Å². The van der Waals surface area contributed by atoms with E-state index >= 15 is 0 Å². The van der Waals surface area contributed by atoms with Gasteiger partial charge in [-0.1, -0.05) is 42.5 Å². The van der Waals surface area contributed by atoms with Crippen LogP contribution in [-0.2, 0) is 6.54 Å². The predicted molar refractivity (Wildman–Crippen MR) is 100 cm³/mol. The molecule has 0 bridgehead atoms. The maximum Gasteiger partial charge on any atom is 0.123 e. The standard InChI is InChI=1S/C21H23NO3/c1-24-17-8-5-7-16(12-17)20(23)14-22-13-19-18-9-4-3-6-15(18)10-11-21(19)25-2/h3-12,20,22-23H,13-14H2,1-2H3. The molecule has 0 aromatic heterocycles. The molecule has 130 valence electrons. The fourth-order valence-electron chi connectivity index (χ4n) is 2.99. The van der Waals surface area contributed by atoms with Gasteiger partial charge in [0.1, 0.15) is 11.5 Å². The molecule has 1 atom stereocenters. The maximum atomic E-state index is 10.4. The lowest BCUT2D eigenvalue weighted by molar-refractivity contribution is 0.174. The van der Waals surface area contributed by atoms with Crippen molar-refractivity contribution in [2.24, 2.45) is 0 Å². The quantitative estimate of drug-likeness (QED) is 0.690. The smallest absolute Gasteiger partial charge is 0.123 e. The SMILES string of the molecule is COc1cccc(C(O)CNCc2c(OC)ccc3ccccc23)c1. The molecule has 1 unspecified atom stereocenters. The average molecular weight is 337 g/mol. The van der Waals surface area contributed by atoms with E-state index in [1.54, 1.807) is 14.2 Å². The van der Waals surface area contributed by atoms with E-state index in [-0.39, 0.29) is 0 Å². The Bertz CT molecular complexity index is 847. The third-order valence-corrected chi connectivity index (χ3v) is 4.34. The summed E-state index contributed by atoms with van der Waals surface area (Å²) in [4.78, 5) is 0. The van der Waals surface area contributed by atoms with Crippen molar-refractivity contribution in [3.05, 3.63) is 71.8 Å². The molecule has 0 amide bonds. The van der Waals surface area contributed by atoms with E-state index in [0.29, 0.717) is 13.1 Å². The summed E-state index contributed by atoms with van der Waals surface area (Å²) in [5, 5.41) is 16.1. The summed E-state index contributed by atoms with van der Waals surface area (Å²) >= 11 is 0. The molecule has 0 saturated carbocycles. The molecular weight excluding hydrogens is 314 g/mol. The molecule has 3 rings (SSSR count). The first-order valence-corrected chi connectivity index (χ1v) is 8.30. The fourth-order valence-corrected chi connectivity index (χ4v) is 2.99. The fraction of sp³-hybridized carbons (Fsp3) is 0.238.